The second-order valence-corrected chi connectivity index (χ2v) is 6.34. The molecule has 2 aromatic carbocycles. The van der Waals surface area contributed by atoms with Crippen LogP contribution in [0.5, 0.6) is 0 Å². The molecule has 2 aromatic rings. The van der Waals surface area contributed by atoms with Gasteiger partial charge in [0.1, 0.15) is 0 Å². The van der Waals surface area contributed by atoms with Crippen molar-refractivity contribution in [2.24, 2.45) is 0 Å². The van der Waals surface area contributed by atoms with Gasteiger partial charge in [0.15, 0.2) is 0 Å². The average Bonchev–Trinajstić information content (AvgIpc) is 2.61. The molecule has 9 heteroatoms. The first-order valence-corrected chi connectivity index (χ1v) is 8.60. The van der Waals surface area contributed by atoms with E-state index in [9.17, 15) is 14.9 Å². The number of nitro benzene ring substituents is 1. The molecule has 0 aliphatic carbocycles. The van der Waals surface area contributed by atoms with Crippen LogP contribution in [0.15, 0.2) is 42.5 Å². The van der Waals surface area contributed by atoms with Crippen LogP contribution in [-0.4, -0.2) is 24.0 Å². The molecule has 0 unspecified atom stereocenters. The van der Waals surface area contributed by atoms with Crippen LogP contribution in [0.3, 0.4) is 0 Å². The van der Waals surface area contributed by atoms with Crippen LogP contribution in [0.1, 0.15) is 18.5 Å². The highest BCUT2D eigenvalue weighted by atomic mass is 35.5. The Morgan fingerprint density at radius 3 is 2.42 bits per heavy atom. The van der Waals surface area contributed by atoms with Crippen LogP contribution in [0.4, 0.5) is 16.2 Å². The minimum Gasteiger partial charge on any atom is -0.383 e. The lowest BCUT2D eigenvalue weighted by Gasteiger charge is -2.16. The fraction of sp³-hybridized carbons (Fsp3) is 0.235. The Morgan fingerprint density at radius 1 is 1.12 bits per heavy atom. The third kappa shape index (κ3) is 5.79. The summed E-state index contributed by atoms with van der Waals surface area (Å²) in [5.41, 5.74) is 1.62. The molecule has 138 valence electrons. The monoisotopic (exact) mass is 396 g/mol. The van der Waals surface area contributed by atoms with E-state index in [1.807, 2.05) is 6.92 Å². The van der Waals surface area contributed by atoms with Gasteiger partial charge in [0.2, 0.25) is 0 Å². The van der Waals surface area contributed by atoms with Crippen molar-refractivity contribution in [1.29, 1.82) is 0 Å². The molecule has 2 rings (SSSR count). The Hall–Kier alpha value is -2.51. The van der Waals surface area contributed by atoms with E-state index < -0.39 is 4.92 Å². The fourth-order valence-electron chi connectivity index (χ4n) is 2.20. The molecular formula is C17H18Cl2N4O3. The van der Waals surface area contributed by atoms with Crippen molar-refractivity contribution in [3.8, 4) is 0 Å². The van der Waals surface area contributed by atoms with Crippen molar-refractivity contribution >= 4 is 40.6 Å². The zero-order valence-corrected chi connectivity index (χ0v) is 15.5. The number of hydrogen-bond acceptors (Lipinski definition) is 4. The van der Waals surface area contributed by atoms with Gasteiger partial charge in [-0.05, 0) is 36.8 Å². The summed E-state index contributed by atoms with van der Waals surface area (Å²) < 4.78 is 0. The molecule has 0 spiro atoms. The minimum atomic E-state index is -0.454. The lowest BCUT2D eigenvalue weighted by molar-refractivity contribution is -0.384. The SMILES string of the molecule is C[C@@H](NC(=O)NCCNc1ccc([N+](=O)[O-])cc1)c1ccc(Cl)c(Cl)c1. The smallest absolute Gasteiger partial charge is 0.315 e. The molecule has 0 saturated heterocycles. The number of benzene rings is 2. The summed E-state index contributed by atoms with van der Waals surface area (Å²) in [6.45, 7) is 2.71. The maximum atomic E-state index is 11.9. The topological polar surface area (TPSA) is 96.3 Å². The van der Waals surface area contributed by atoms with Crippen molar-refractivity contribution < 1.29 is 9.72 Å². The number of urea groups is 1. The zero-order chi connectivity index (χ0) is 19.1. The third-order valence-corrected chi connectivity index (χ3v) is 4.35. The van der Waals surface area contributed by atoms with Crippen molar-refractivity contribution in [3.63, 3.8) is 0 Å². The van der Waals surface area contributed by atoms with Gasteiger partial charge in [-0.2, -0.15) is 0 Å². The Balaban J connectivity index is 1.72. The Morgan fingerprint density at radius 2 is 1.81 bits per heavy atom. The van der Waals surface area contributed by atoms with E-state index in [4.69, 9.17) is 23.2 Å². The van der Waals surface area contributed by atoms with E-state index in [-0.39, 0.29) is 17.8 Å². The minimum absolute atomic E-state index is 0.0318. The van der Waals surface area contributed by atoms with Gasteiger partial charge in [-0.1, -0.05) is 29.3 Å². The summed E-state index contributed by atoms with van der Waals surface area (Å²) in [6, 6.07) is 10.7. The van der Waals surface area contributed by atoms with E-state index >= 15 is 0 Å². The first-order chi connectivity index (χ1) is 12.4. The van der Waals surface area contributed by atoms with Gasteiger partial charge in [0.25, 0.3) is 5.69 Å². The summed E-state index contributed by atoms with van der Waals surface area (Å²) >= 11 is 11.9. The lowest BCUT2D eigenvalue weighted by atomic mass is 10.1. The van der Waals surface area contributed by atoms with Gasteiger partial charge in [-0.15, -0.1) is 0 Å². The highest BCUT2D eigenvalue weighted by molar-refractivity contribution is 6.42. The second-order valence-electron chi connectivity index (χ2n) is 5.53. The molecule has 0 bridgehead atoms. The molecular weight excluding hydrogens is 379 g/mol. The summed E-state index contributed by atoms with van der Waals surface area (Å²) in [4.78, 5) is 22.1. The summed E-state index contributed by atoms with van der Waals surface area (Å²) in [6.07, 6.45) is 0. The van der Waals surface area contributed by atoms with E-state index in [2.05, 4.69) is 16.0 Å². The van der Waals surface area contributed by atoms with Crippen LogP contribution in [0.25, 0.3) is 0 Å². The first-order valence-electron chi connectivity index (χ1n) is 7.84. The van der Waals surface area contributed by atoms with E-state index in [1.165, 1.54) is 12.1 Å². The Bertz CT molecular complexity index is 784. The summed E-state index contributed by atoms with van der Waals surface area (Å²) in [5, 5.41) is 20.1. The van der Waals surface area contributed by atoms with Crippen LogP contribution in [0.2, 0.25) is 10.0 Å². The molecule has 2 amide bonds. The van der Waals surface area contributed by atoms with E-state index in [0.29, 0.717) is 23.1 Å². The maximum absolute atomic E-state index is 11.9. The number of amides is 2. The molecule has 0 heterocycles. The number of rotatable bonds is 7. The number of nitrogens with one attached hydrogen (secondary N) is 3. The van der Waals surface area contributed by atoms with Crippen LogP contribution in [0, 0.1) is 10.1 Å². The van der Waals surface area contributed by atoms with Crippen molar-refractivity contribution in [2.75, 3.05) is 18.4 Å². The highest BCUT2D eigenvalue weighted by Gasteiger charge is 2.10. The molecule has 7 nitrogen and oxygen atoms in total. The van der Waals surface area contributed by atoms with Crippen LogP contribution >= 0.6 is 23.2 Å². The quantitative estimate of drug-likeness (QED) is 0.367. The van der Waals surface area contributed by atoms with Gasteiger partial charge < -0.3 is 16.0 Å². The van der Waals surface area contributed by atoms with Gasteiger partial charge in [0.05, 0.1) is 21.0 Å². The summed E-state index contributed by atoms with van der Waals surface area (Å²) in [7, 11) is 0. The number of nitro groups is 1. The molecule has 0 aliphatic heterocycles. The Kier molecular flexibility index (Phi) is 7.06. The standard InChI is InChI=1S/C17H18Cl2N4O3/c1-11(12-2-7-15(18)16(19)10-12)22-17(24)21-9-8-20-13-3-5-14(6-4-13)23(25)26/h2-7,10-11,20H,8-9H2,1H3,(H2,21,22,24)/t11-/m1/s1. The van der Waals surface area contributed by atoms with Crippen molar-refractivity contribution in [2.45, 2.75) is 13.0 Å². The molecule has 1 atom stereocenters. The number of hydrogen-bond donors (Lipinski definition) is 3. The molecule has 0 radical (unpaired) electrons. The number of nitrogens with zero attached hydrogens (tertiary/aromatic N) is 1. The predicted octanol–water partition coefficient (Wildman–Crippen LogP) is 4.37. The van der Waals surface area contributed by atoms with Crippen molar-refractivity contribution in [3.05, 3.63) is 68.2 Å². The van der Waals surface area contributed by atoms with Gasteiger partial charge in [0, 0.05) is 30.9 Å². The summed E-state index contributed by atoms with van der Waals surface area (Å²) in [5.74, 6) is 0. The molecule has 0 fully saturated rings. The number of anilines is 1. The Labute approximate surface area is 160 Å². The fourth-order valence-corrected chi connectivity index (χ4v) is 2.50. The maximum Gasteiger partial charge on any atom is 0.315 e. The zero-order valence-electron chi connectivity index (χ0n) is 14.0. The van der Waals surface area contributed by atoms with E-state index in [1.54, 1.807) is 30.3 Å². The molecule has 3 N–H and O–H groups in total. The number of carbonyl (C=O) groups is 1. The van der Waals surface area contributed by atoms with Gasteiger partial charge in [-0.25, -0.2) is 4.79 Å². The average molecular weight is 397 g/mol. The molecule has 0 aliphatic rings. The number of non-ortho nitro benzene ring substituents is 1. The number of halogens is 2. The van der Waals surface area contributed by atoms with Crippen LogP contribution < -0.4 is 16.0 Å². The lowest BCUT2D eigenvalue weighted by Crippen LogP contribution is -2.39. The second kappa shape index (κ2) is 9.26. The van der Waals surface area contributed by atoms with Gasteiger partial charge >= 0.3 is 6.03 Å². The number of carbonyl (C=O) groups excluding carboxylic acids is 1. The highest BCUT2D eigenvalue weighted by Crippen LogP contribution is 2.25. The molecule has 0 saturated carbocycles. The normalized spacial score (nSPS) is 11.5. The van der Waals surface area contributed by atoms with Crippen LogP contribution in [-0.2, 0) is 0 Å². The molecule has 26 heavy (non-hydrogen) atoms. The van der Waals surface area contributed by atoms with Gasteiger partial charge in [-0.3, -0.25) is 10.1 Å². The third-order valence-electron chi connectivity index (χ3n) is 3.61. The van der Waals surface area contributed by atoms with E-state index in [0.717, 1.165) is 11.3 Å². The molecule has 0 aromatic heterocycles. The predicted molar refractivity (Wildman–Crippen MR) is 103 cm³/mol. The first kappa shape index (κ1) is 19.8. The van der Waals surface area contributed by atoms with Crippen molar-refractivity contribution in [1.82, 2.24) is 10.6 Å². The largest absolute Gasteiger partial charge is 0.383 e.